The fraction of sp³-hybridized carbons (Fsp3) is 0.143. The third-order valence-corrected chi connectivity index (χ3v) is 4.97. The fourth-order valence-corrected chi connectivity index (χ4v) is 3.45. The van der Waals surface area contributed by atoms with Crippen LogP contribution in [0.2, 0.25) is 0 Å². The average molecular weight is 392 g/mol. The first-order valence-electron chi connectivity index (χ1n) is 8.84. The number of carbonyl (C=O) groups excluding carboxylic acids is 2. The predicted molar refractivity (Wildman–Crippen MR) is 112 cm³/mol. The Bertz CT molecular complexity index is 955. The number of benzene rings is 2. The molecule has 7 heteroatoms. The van der Waals surface area contributed by atoms with Crippen molar-refractivity contribution in [2.45, 2.75) is 13.3 Å². The number of para-hydroxylation sites is 1. The molecule has 2 aromatic carbocycles. The average Bonchev–Trinajstić information content (AvgIpc) is 3.27. The molecule has 6 nitrogen and oxygen atoms in total. The molecule has 1 aromatic heterocycles. The van der Waals surface area contributed by atoms with Crippen LogP contribution in [0.3, 0.4) is 0 Å². The van der Waals surface area contributed by atoms with Gasteiger partial charge in [0.1, 0.15) is 29.2 Å². The molecule has 0 saturated carbocycles. The monoisotopic (exact) mass is 392 g/mol. The first kappa shape index (κ1) is 19.6. The van der Waals surface area contributed by atoms with Gasteiger partial charge in [-0.15, -0.1) is 0 Å². The van der Waals surface area contributed by atoms with Crippen molar-refractivity contribution in [3.8, 4) is 0 Å². The molecule has 3 rings (SSSR count). The summed E-state index contributed by atoms with van der Waals surface area (Å²) in [6.45, 7) is 1.82. The standard InChI is InChI=1S/C21H20N4O2S/c1-2-18(26)13-28-21(24-17-11-7-4-8-12-17)19(25-15-22-14-23-25)20(27)16-9-5-3-6-10-16/h3-12,14-15,24H,2,13H2,1H3/b21-19-. The SMILES string of the molecule is CCC(=O)CS/C(Nc1ccccc1)=C(/C(=O)c1ccccc1)n1cncn1. The van der Waals surface area contributed by atoms with Gasteiger partial charge >= 0.3 is 0 Å². The van der Waals surface area contributed by atoms with Gasteiger partial charge in [-0.25, -0.2) is 9.67 Å². The van der Waals surface area contributed by atoms with Crippen LogP contribution < -0.4 is 5.32 Å². The number of rotatable bonds is 9. The Morgan fingerprint density at radius 2 is 1.71 bits per heavy atom. The van der Waals surface area contributed by atoms with Crippen LogP contribution in [0, 0.1) is 0 Å². The summed E-state index contributed by atoms with van der Waals surface area (Å²) in [7, 11) is 0. The van der Waals surface area contributed by atoms with Gasteiger partial charge in [-0.3, -0.25) is 9.59 Å². The van der Waals surface area contributed by atoms with Gasteiger partial charge in [0.15, 0.2) is 0 Å². The second-order valence-electron chi connectivity index (χ2n) is 5.88. The van der Waals surface area contributed by atoms with E-state index >= 15 is 0 Å². The molecule has 0 fully saturated rings. The second-order valence-corrected chi connectivity index (χ2v) is 6.87. The molecular formula is C21H20N4O2S. The lowest BCUT2D eigenvalue weighted by Crippen LogP contribution is -2.16. The quantitative estimate of drug-likeness (QED) is 0.436. The normalized spacial score (nSPS) is 11.6. The molecule has 0 amide bonds. The summed E-state index contributed by atoms with van der Waals surface area (Å²) in [5, 5.41) is 7.99. The Labute approximate surface area is 167 Å². The van der Waals surface area contributed by atoms with Gasteiger partial charge in [0.05, 0.1) is 5.75 Å². The van der Waals surface area contributed by atoms with Gasteiger partial charge in [-0.05, 0) is 12.1 Å². The van der Waals surface area contributed by atoms with Gasteiger partial charge in [0, 0.05) is 17.7 Å². The van der Waals surface area contributed by atoms with Crippen LogP contribution in [0.1, 0.15) is 23.7 Å². The van der Waals surface area contributed by atoms with Crippen molar-refractivity contribution in [3.63, 3.8) is 0 Å². The maximum absolute atomic E-state index is 13.3. The summed E-state index contributed by atoms with van der Waals surface area (Å²) >= 11 is 1.29. The van der Waals surface area contributed by atoms with E-state index in [2.05, 4.69) is 15.4 Å². The minimum Gasteiger partial charge on any atom is -0.348 e. The van der Waals surface area contributed by atoms with Crippen LogP contribution in [0.5, 0.6) is 0 Å². The van der Waals surface area contributed by atoms with E-state index < -0.39 is 0 Å². The Morgan fingerprint density at radius 1 is 1.04 bits per heavy atom. The van der Waals surface area contributed by atoms with Crippen LogP contribution in [0.25, 0.3) is 5.70 Å². The number of anilines is 1. The molecule has 0 aliphatic rings. The molecule has 0 aliphatic heterocycles. The van der Waals surface area contributed by atoms with Crippen LogP contribution >= 0.6 is 11.8 Å². The number of nitrogens with one attached hydrogen (secondary N) is 1. The third-order valence-electron chi connectivity index (χ3n) is 3.92. The number of nitrogens with zero attached hydrogens (tertiary/aromatic N) is 3. The number of ketones is 2. The smallest absolute Gasteiger partial charge is 0.214 e. The molecule has 0 radical (unpaired) electrons. The maximum atomic E-state index is 13.3. The van der Waals surface area contributed by atoms with Gasteiger partial charge < -0.3 is 5.32 Å². The minimum atomic E-state index is -0.207. The highest BCUT2D eigenvalue weighted by Crippen LogP contribution is 2.27. The van der Waals surface area contributed by atoms with Crippen molar-refractivity contribution < 1.29 is 9.59 Å². The zero-order valence-corrected chi connectivity index (χ0v) is 16.2. The van der Waals surface area contributed by atoms with Crippen molar-refractivity contribution in [3.05, 3.63) is 83.9 Å². The molecule has 0 aliphatic carbocycles. The topological polar surface area (TPSA) is 76.9 Å². The second kappa shape index (κ2) is 9.66. The summed E-state index contributed by atoms with van der Waals surface area (Å²) < 4.78 is 1.43. The Kier molecular flexibility index (Phi) is 6.75. The number of thioether (sulfide) groups is 1. The van der Waals surface area contributed by atoms with E-state index in [9.17, 15) is 9.59 Å². The van der Waals surface area contributed by atoms with E-state index in [1.54, 1.807) is 12.1 Å². The number of Topliss-reactive ketones (excluding diaryl/α,β-unsaturated/α-hetero) is 2. The Morgan fingerprint density at radius 3 is 2.32 bits per heavy atom. The predicted octanol–water partition coefficient (Wildman–Crippen LogP) is 4.11. The zero-order chi connectivity index (χ0) is 19.8. The number of hydrogen-bond acceptors (Lipinski definition) is 6. The molecular weight excluding hydrogens is 372 g/mol. The van der Waals surface area contributed by atoms with Crippen molar-refractivity contribution in [1.82, 2.24) is 14.8 Å². The van der Waals surface area contributed by atoms with Crippen LogP contribution in [-0.4, -0.2) is 32.1 Å². The van der Waals surface area contributed by atoms with E-state index in [1.807, 2.05) is 55.5 Å². The molecule has 1 N–H and O–H groups in total. The van der Waals surface area contributed by atoms with Gasteiger partial charge in [0.25, 0.3) is 0 Å². The number of aromatic nitrogens is 3. The lowest BCUT2D eigenvalue weighted by atomic mass is 10.1. The lowest BCUT2D eigenvalue weighted by molar-refractivity contribution is -0.116. The maximum Gasteiger partial charge on any atom is 0.214 e. The zero-order valence-electron chi connectivity index (χ0n) is 15.4. The minimum absolute atomic E-state index is 0.0995. The van der Waals surface area contributed by atoms with E-state index in [1.165, 1.54) is 29.1 Å². The molecule has 142 valence electrons. The molecule has 0 bridgehead atoms. The van der Waals surface area contributed by atoms with Crippen LogP contribution in [0.15, 0.2) is 78.3 Å². The third kappa shape index (κ3) is 4.95. The van der Waals surface area contributed by atoms with Crippen molar-refractivity contribution in [2.75, 3.05) is 11.1 Å². The molecule has 0 spiro atoms. The first-order valence-corrected chi connectivity index (χ1v) is 9.83. The molecule has 1 heterocycles. The first-order chi connectivity index (χ1) is 13.7. The largest absolute Gasteiger partial charge is 0.348 e. The van der Waals surface area contributed by atoms with E-state index in [4.69, 9.17) is 0 Å². The highest BCUT2D eigenvalue weighted by molar-refractivity contribution is 8.04. The van der Waals surface area contributed by atoms with E-state index in [0.29, 0.717) is 22.7 Å². The summed E-state index contributed by atoms with van der Waals surface area (Å²) in [6.07, 6.45) is 3.29. The molecule has 0 atom stereocenters. The summed E-state index contributed by atoms with van der Waals surface area (Å²) in [6, 6.07) is 18.5. The Balaban J connectivity index is 2.08. The van der Waals surface area contributed by atoms with Gasteiger partial charge in [-0.1, -0.05) is 67.2 Å². The fourth-order valence-electron chi connectivity index (χ4n) is 2.43. The van der Waals surface area contributed by atoms with Crippen molar-refractivity contribution >= 4 is 34.7 Å². The van der Waals surface area contributed by atoms with Crippen LogP contribution in [-0.2, 0) is 4.79 Å². The Hall–Kier alpha value is -3.19. The highest BCUT2D eigenvalue weighted by Gasteiger charge is 2.21. The lowest BCUT2D eigenvalue weighted by Gasteiger charge is -2.16. The summed E-state index contributed by atoms with van der Waals surface area (Å²) in [5.74, 6) is 0.148. The van der Waals surface area contributed by atoms with Gasteiger partial charge in [0.2, 0.25) is 5.78 Å². The van der Waals surface area contributed by atoms with Crippen molar-refractivity contribution in [2.24, 2.45) is 0 Å². The van der Waals surface area contributed by atoms with Crippen molar-refractivity contribution in [1.29, 1.82) is 0 Å². The van der Waals surface area contributed by atoms with Gasteiger partial charge in [-0.2, -0.15) is 5.10 Å². The van der Waals surface area contributed by atoms with E-state index in [-0.39, 0.29) is 17.3 Å². The van der Waals surface area contributed by atoms with Crippen LogP contribution in [0.4, 0.5) is 5.69 Å². The number of carbonyl (C=O) groups is 2. The number of allylic oxidation sites excluding steroid dienone is 1. The molecule has 0 saturated heterocycles. The van der Waals surface area contributed by atoms with E-state index in [0.717, 1.165) is 5.69 Å². The number of hydrogen-bond donors (Lipinski definition) is 1. The molecule has 0 unspecified atom stereocenters. The molecule has 28 heavy (non-hydrogen) atoms. The summed E-state index contributed by atoms with van der Waals surface area (Å²) in [4.78, 5) is 29.2. The molecule has 3 aromatic rings. The summed E-state index contributed by atoms with van der Waals surface area (Å²) in [5.41, 5.74) is 1.66. The highest BCUT2D eigenvalue weighted by atomic mass is 32.2.